The molecule has 0 spiro atoms. The van der Waals surface area contributed by atoms with Gasteiger partial charge in [-0.1, -0.05) is 33.3 Å². The van der Waals surface area contributed by atoms with E-state index >= 15 is 0 Å². The Kier molecular flexibility index (Phi) is 5.78. The number of methoxy groups -OCH3 is 1. The highest BCUT2D eigenvalue weighted by Gasteiger charge is 2.40. The lowest BCUT2D eigenvalue weighted by molar-refractivity contribution is -0.148. The van der Waals surface area contributed by atoms with E-state index in [2.05, 4.69) is 26.1 Å². The number of fused-ring (bicyclic) bond motifs is 2. The minimum absolute atomic E-state index is 0.0428. The first-order valence-electron chi connectivity index (χ1n) is 9.90. The fourth-order valence-corrected chi connectivity index (χ4v) is 4.50. The lowest BCUT2D eigenvalue weighted by atomic mass is 9.86. The Balaban J connectivity index is 1.52. The molecular weight excluding hydrogens is 342 g/mol. The van der Waals surface area contributed by atoms with Gasteiger partial charge in [-0.3, -0.25) is 9.59 Å². The maximum Gasteiger partial charge on any atom is 0.306 e. The van der Waals surface area contributed by atoms with Crippen molar-refractivity contribution in [1.82, 2.24) is 0 Å². The van der Waals surface area contributed by atoms with Crippen LogP contribution in [0.1, 0.15) is 58.4 Å². The van der Waals surface area contributed by atoms with Crippen LogP contribution in [0.5, 0.6) is 5.75 Å². The molecule has 3 atom stereocenters. The standard InChI is InChI=1S/C22H31NO4/c1-22(2,3)17-7-8-19(26-4)18(12-17)23-20(24)13-27-21(25)11-16-10-14-5-6-15(16)9-14/h7-8,12,14-16H,5-6,9-11,13H2,1-4H3,(H,23,24)/t14-,15+,16+/m0/s1. The molecule has 27 heavy (non-hydrogen) atoms. The first-order valence-corrected chi connectivity index (χ1v) is 9.90. The second-order valence-electron chi connectivity index (χ2n) is 9.01. The predicted octanol–water partition coefficient (Wildman–Crippen LogP) is 4.30. The van der Waals surface area contributed by atoms with Crippen LogP contribution in [-0.2, 0) is 19.7 Å². The number of anilines is 1. The number of esters is 1. The zero-order valence-corrected chi connectivity index (χ0v) is 16.8. The maximum absolute atomic E-state index is 12.3. The van der Waals surface area contributed by atoms with Crippen molar-refractivity contribution in [2.24, 2.45) is 17.8 Å². The number of hydrogen-bond acceptors (Lipinski definition) is 4. The molecular formula is C22H31NO4. The van der Waals surface area contributed by atoms with Gasteiger partial charge in [-0.05, 0) is 60.1 Å². The minimum atomic E-state index is -0.347. The summed E-state index contributed by atoms with van der Waals surface area (Å²) in [4.78, 5) is 24.4. The Bertz CT molecular complexity index is 707. The van der Waals surface area contributed by atoms with Gasteiger partial charge in [0.1, 0.15) is 5.75 Å². The predicted molar refractivity (Wildman–Crippen MR) is 105 cm³/mol. The average Bonchev–Trinajstić information content (AvgIpc) is 3.22. The van der Waals surface area contributed by atoms with Crippen molar-refractivity contribution in [2.45, 2.75) is 58.3 Å². The Hall–Kier alpha value is -2.04. The molecule has 2 aliphatic carbocycles. The molecule has 2 aliphatic rings. The molecule has 1 N–H and O–H groups in total. The first kappa shape index (κ1) is 19.7. The fourth-order valence-electron chi connectivity index (χ4n) is 4.50. The molecule has 0 saturated heterocycles. The number of carbonyl (C=O) groups excluding carboxylic acids is 2. The van der Waals surface area contributed by atoms with Crippen LogP contribution < -0.4 is 10.1 Å². The maximum atomic E-state index is 12.3. The molecule has 148 valence electrons. The van der Waals surface area contributed by atoms with E-state index in [9.17, 15) is 9.59 Å². The van der Waals surface area contributed by atoms with E-state index in [1.165, 1.54) is 19.3 Å². The van der Waals surface area contributed by atoms with Crippen LogP contribution in [-0.4, -0.2) is 25.6 Å². The van der Waals surface area contributed by atoms with E-state index in [0.717, 1.165) is 17.9 Å². The summed E-state index contributed by atoms with van der Waals surface area (Å²) in [6, 6.07) is 5.75. The number of nitrogens with one attached hydrogen (secondary N) is 1. The van der Waals surface area contributed by atoms with Gasteiger partial charge in [0, 0.05) is 6.42 Å². The van der Waals surface area contributed by atoms with Crippen molar-refractivity contribution in [2.75, 3.05) is 19.0 Å². The van der Waals surface area contributed by atoms with Crippen molar-refractivity contribution < 1.29 is 19.1 Å². The lowest BCUT2D eigenvalue weighted by Crippen LogP contribution is -2.23. The zero-order chi connectivity index (χ0) is 19.6. The van der Waals surface area contributed by atoms with Gasteiger partial charge in [0.15, 0.2) is 6.61 Å². The number of rotatable bonds is 6. The van der Waals surface area contributed by atoms with Crippen LogP contribution in [0.15, 0.2) is 18.2 Å². The van der Waals surface area contributed by atoms with Gasteiger partial charge in [0.05, 0.1) is 12.8 Å². The van der Waals surface area contributed by atoms with E-state index in [0.29, 0.717) is 29.7 Å². The highest BCUT2D eigenvalue weighted by Crippen LogP contribution is 2.49. The summed E-state index contributed by atoms with van der Waals surface area (Å²) < 4.78 is 10.6. The van der Waals surface area contributed by atoms with Crippen molar-refractivity contribution in [3.8, 4) is 5.75 Å². The molecule has 1 aromatic carbocycles. The van der Waals surface area contributed by atoms with Gasteiger partial charge < -0.3 is 14.8 Å². The Morgan fingerprint density at radius 2 is 1.96 bits per heavy atom. The van der Waals surface area contributed by atoms with Crippen molar-refractivity contribution in [3.63, 3.8) is 0 Å². The summed E-state index contributed by atoms with van der Waals surface area (Å²) in [6.45, 7) is 6.07. The van der Waals surface area contributed by atoms with Gasteiger partial charge >= 0.3 is 5.97 Å². The zero-order valence-electron chi connectivity index (χ0n) is 16.8. The van der Waals surface area contributed by atoms with Crippen LogP contribution in [0.4, 0.5) is 5.69 Å². The summed E-state index contributed by atoms with van der Waals surface area (Å²) in [5, 5.41) is 2.81. The van der Waals surface area contributed by atoms with Gasteiger partial charge in [0.25, 0.3) is 5.91 Å². The number of ether oxygens (including phenoxy) is 2. The quantitative estimate of drug-likeness (QED) is 0.755. The lowest BCUT2D eigenvalue weighted by Gasteiger charge is -2.21. The van der Waals surface area contributed by atoms with E-state index in [1.54, 1.807) is 7.11 Å². The highest BCUT2D eigenvalue weighted by molar-refractivity contribution is 5.94. The third-order valence-corrected chi connectivity index (χ3v) is 6.02. The van der Waals surface area contributed by atoms with Crippen molar-refractivity contribution in [3.05, 3.63) is 23.8 Å². The summed E-state index contributed by atoms with van der Waals surface area (Å²) in [7, 11) is 1.57. The van der Waals surface area contributed by atoms with Crippen LogP contribution in [0, 0.1) is 17.8 Å². The molecule has 1 amide bonds. The summed E-state index contributed by atoms with van der Waals surface area (Å²) in [6.07, 6.45) is 5.41. The molecule has 1 aromatic rings. The van der Waals surface area contributed by atoms with E-state index in [4.69, 9.17) is 9.47 Å². The van der Waals surface area contributed by atoms with Gasteiger partial charge in [-0.25, -0.2) is 0 Å². The number of amides is 1. The first-order chi connectivity index (χ1) is 12.8. The smallest absolute Gasteiger partial charge is 0.306 e. The molecule has 0 radical (unpaired) electrons. The molecule has 0 aromatic heterocycles. The SMILES string of the molecule is COc1ccc(C(C)(C)C)cc1NC(=O)COC(=O)C[C@H]1C[C@H]2CC[C@@H]1C2. The summed E-state index contributed by atoms with van der Waals surface area (Å²) >= 11 is 0. The normalized spacial score (nSPS) is 23.9. The largest absolute Gasteiger partial charge is 0.495 e. The van der Waals surface area contributed by atoms with Gasteiger partial charge in [-0.15, -0.1) is 0 Å². The van der Waals surface area contributed by atoms with E-state index < -0.39 is 0 Å². The molecule has 0 aliphatic heterocycles. The fraction of sp³-hybridized carbons (Fsp3) is 0.636. The monoisotopic (exact) mass is 373 g/mol. The third-order valence-electron chi connectivity index (χ3n) is 6.02. The summed E-state index contributed by atoms with van der Waals surface area (Å²) in [5.41, 5.74) is 1.64. The second kappa shape index (κ2) is 7.91. The van der Waals surface area contributed by atoms with Crippen molar-refractivity contribution >= 4 is 17.6 Å². The molecule has 5 heteroatoms. The van der Waals surface area contributed by atoms with Crippen molar-refractivity contribution in [1.29, 1.82) is 0 Å². The molecule has 0 heterocycles. The molecule has 2 saturated carbocycles. The molecule has 0 unspecified atom stereocenters. The van der Waals surface area contributed by atoms with Crippen LogP contribution in [0.25, 0.3) is 0 Å². The number of benzene rings is 1. The van der Waals surface area contributed by atoms with Gasteiger partial charge in [-0.2, -0.15) is 0 Å². The third kappa shape index (κ3) is 4.82. The van der Waals surface area contributed by atoms with Crippen LogP contribution in [0.2, 0.25) is 0 Å². The average molecular weight is 373 g/mol. The van der Waals surface area contributed by atoms with Gasteiger partial charge in [0.2, 0.25) is 0 Å². The Morgan fingerprint density at radius 3 is 2.56 bits per heavy atom. The molecule has 2 fully saturated rings. The summed E-state index contributed by atoms with van der Waals surface area (Å²) in [5.74, 6) is 1.91. The highest BCUT2D eigenvalue weighted by atomic mass is 16.5. The van der Waals surface area contributed by atoms with E-state index in [-0.39, 0.29) is 23.9 Å². The van der Waals surface area contributed by atoms with E-state index in [1.807, 2.05) is 18.2 Å². The van der Waals surface area contributed by atoms with Crippen LogP contribution in [0.3, 0.4) is 0 Å². The molecule has 3 rings (SSSR count). The number of carbonyl (C=O) groups is 2. The topological polar surface area (TPSA) is 64.6 Å². The second-order valence-corrected chi connectivity index (χ2v) is 9.01. The molecule has 5 nitrogen and oxygen atoms in total. The Labute approximate surface area is 161 Å². The number of hydrogen-bond donors (Lipinski definition) is 1. The molecule has 2 bridgehead atoms. The Morgan fingerprint density at radius 1 is 1.19 bits per heavy atom. The minimum Gasteiger partial charge on any atom is -0.495 e. The van der Waals surface area contributed by atoms with Crippen LogP contribution >= 0.6 is 0 Å².